The van der Waals surface area contributed by atoms with Crippen LogP contribution in [0.5, 0.6) is 5.75 Å². The van der Waals surface area contributed by atoms with E-state index in [0.717, 1.165) is 29.0 Å². The smallest absolute Gasteiger partial charge is 0.158 e. The Morgan fingerprint density at radius 3 is 3.00 bits per heavy atom. The number of hydrogen-bond donors (Lipinski definition) is 1. The van der Waals surface area contributed by atoms with Crippen molar-refractivity contribution >= 4 is 15.9 Å². The van der Waals surface area contributed by atoms with Crippen molar-refractivity contribution in [3.63, 3.8) is 0 Å². The molecule has 0 saturated carbocycles. The van der Waals surface area contributed by atoms with Gasteiger partial charge in [-0.1, -0.05) is 22.0 Å². The summed E-state index contributed by atoms with van der Waals surface area (Å²) in [6.07, 6.45) is 3.94. The van der Waals surface area contributed by atoms with E-state index in [-0.39, 0.29) is 6.10 Å². The highest BCUT2D eigenvalue weighted by Gasteiger charge is 2.18. The van der Waals surface area contributed by atoms with Crippen molar-refractivity contribution in [1.29, 1.82) is 0 Å². The minimum Gasteiger partial charge on any atom is -0.484 e. The molecule has 0 spiro atoms. The molecule has 0 radical (unpaired) electrons. The number of halogens is 1. The molecule has 0 bridgehead atoms. The van der Waals surface area contributed by atoms with Gasteiger partial charge in [0.25, 0.3) is 0 Å². The topological polar surface area (TPSA) is 39.1 Å². The lowest BCUT2D eigenvalue weighted by molar-refractivity contribution is 0.142. The first-order valence-corrected chi connectivity index (χ1v) is 6.28. The Bertz CT molecular complexity index is 522. The van der Waals surface area contributed by atoms with E-state index < -0.39 is 0 Å². The normalized spacial score (nSPS) is 15.6. The standard InChI is InChI=1S/C12H12BrN3O/c13-9-2-1-3-10(4-9)16-8-12(7-15-16)17-11-5-14-6-11/h1-4,7-8,11,14H,5-6H2. The van der Waals surface area contributed by atoms with Crippen LogP contribution in [0.25, 0.3) is 5.69 Å². The highest BCUT2D eigenvalue weighted by Crippen LogP contribution is 2.18. The molecular weight excluding hydrogens is 282 g/mol. The molecule has 1 N–H and O–H groups in total. The van der Waals surface area contributed by atoms with E-state index in [1.807, 2.05) is 35.1 Å². The number of nitrogens with one attached hydrogen (secondary N) is 1. The third-order valence-electron chi connectivity index (χ3n) is 2.68. The van der Waals surface area contributed by atoms with E-state index in [1.165, 1.54) is 0 Å². The Labute approximate surface area is 108 Å². The summed E-state index contributed by atoms with van der Waals surface area (Å²) in [5.74, 6) is 0.816. The van der Waals surface area contributed by atoms with Crippen LogP contribution in [0.2, 0.25) is 0 Å². The number of nitrogens with zero attached hydrogens (tertiary/aromatic N) is 2. The van der Waals surface area contributed by atoms with Crippen molar-refractivity contribution in [3.8, 4) is 11.4 Å². The third-order valence-corrected chi connectivity index (χ3v) is 3.17. The zero-order valence-corrected chi connectivity index (χ0v) is 10.7. The summed E-state index contributed by atoms with van der Waals surface area (Å²) in [5.41, 5.74) is 1.01. The average molecular weight is 294 g/mol. The molecule has 1 aromatic heterocycles. The molecule has 1 aliphatic rings. The fourth-order valence-corrected chi connectivity index (χ4v) is 2.05. The van der Waals surface area contributed by atoms with Gasteiger partial charge in [0.15, 0.2) is 5.75 Å². The van der Waals surface area contributed by atoms with E-state index >= 15 is 0 Å². The van der Waals surface area contributed by atoms with Gasteiger partial charge in [-0.05, 0) is 18.2 Å². The Morgan fingerprint density at radius 2 is 2.29 bits per heavy atom. The largest absolute Gasteiger partial charge is 0.484 e. The fourth-order valence-electron chi connectivity index (χ4n) is 1.66. The zero-order chi connectivity index (χ0) is 11.7. The lowest BCUT2D eigenvalue weighted by Gasteiger charge is -2.26. The van der Waals surface area contributed by atoms with Gasteiger partial charge in [0.2, 0.25) is 0 Å². The average Bonchev–Trinajstić information content (AvgIpc) is 2.72. The molecule has 2 heterocycles. The second-order valence-corrected chi connectivity index (χ2v) is 4.91. The Morgan fingerprint density at radius 1 is 1.41 bits per heavy atom. The Balaban J connectivity index is 1.79. The Kier molecular flexibility index (Phi) is 2.86. The maximum absolute atomic E-state index is 5.73. The molecule has 1 aromatic carbocycles. The molecular formula is C12H12BrN3O. The number of benzene rings is 1. The van der Waals surface area contributed by atoms with Crippen molar-refractivity contribution in [1.82, 2.24) is 15.1 Å². The van der Waals surface area contributed by atoms with Crippen molar-refractivity contribution < 1.29 is 4.74 Å². The van der Waals surface area contributed by atoms with E-state index in [2.05, 4.69) is 26.3 Å². The summed E-state index contributed by atoms with van der Waals surface area (Å²) in [6, 6.07) is 8.00. The van der Waals surface area contributed by atoms with Crippen LogP contribution in [0.4, 0.5) is 0 Å². The number of aromatic nitrogens is 2. The maximum atomic E-state index is 5.73. The monoisotopic (exact) mass is 293 g/mol. The van der Waals surface area contributed by atoms with Gasteiger partial charge in [0.05, 0.1) is 18.1 Å². The minimum absolute atomic E-state index is 0.287. The molecule has 0 unspecified atom stereocenters. The number of hydrogen-bond acceptors (Lipinski definition) is 3. The lowest BCUT2D eigenvalue weighted by atomic mass is 10.2. The van der Waals surface area contributed by atoms with Crippen molar-refractivity contribution in [3.05, 3.63) is 41.1 Å². The summed E-state index contributed by atoms with van der Waals surface area (Å²) in [5, 5.41) is 7.46. The van der Waals surface area contributed by atoms with Crippen LogP contribution in [0, 0.1) is 0 Å². The second-order valence-electron chi connectivity index (χ2n) is 4.00. The molecule has 88 valence electrons. The number of ether oxygens (including phenoxy) is 1. The molecule has 3 rings (SSSR count). The van der Waals surface area contributed by atoms with E-state index in [0.29, 0.717) is 0 Å². The quantitative estimate of drug-likeness (QED) is 0.941. The van der Waals surface area contributed by atoms with Gasteiger partial charge in [-0.25, -0.2) is 4.68 Å². The summed E-state index contributed by atoms with van der Waals surface area (Å²) < 4.78 is 8.57. The van der Waals surface area contributed by atoms with Crippen LogP contribution in [-0.4, -0.2) is 29.0 Å². The van der Waals surface area contributed by atoms with E-state index in [1.54, 1.807) is 6.20 Å². The SMILES string of the molecule is Brc1cccc(-n2cc(OC3CNC3)cn2)c1. The van der Waals surface area contributed by atoms with Crippen LogP contribution < -0.4 is 10.1 Å². The highest BCUT2D eigenvalue weighted by molar-refractivity contribution is 9.10. The molecule has 1 aliphatic heterocycles. The molecule has 17 heavy (non-hydrogen) atoms. The van der Waals surface area contributed by atoms with Crippen molar-refractivity contribution in [2.75, 3.05) is 13.1 Å². The first kappa shape index (κ1) is 10.8. The van der Waals surface area contributed by atoms with E-state index in [4.69, 9.17) is 4.74 Å². The summed E-state index contributed by atoms with van der Waals surface area (Å²) in [6.45, 7) is 1.84. The van der Waals surface area contributed by atoms with Crippen molar-refractivity contribution in [2.45, 2.75) is 6.10 Å². The number of rotatable bonds is 3. The lowest BCUT2D eigenvalue weighted by Crippen LogP contribution is -2.50. The van der Waals surface area contributed by atoms with Gasteiger partial charge in [0.1, 0.15) is 6.10 Å². The molecule has 0 atom stereocenters. The van der Waals surface area contributed by atoms with Crippen molar-refractivity contribution in [2.24, 2.45) is 0 Å². The molecule has 2 aromatic rings. The summed E-state index contributed by atoms with van der Waals surface area (Å²) in [7, 11) is 0. The van der Waals surface area contributed by atoms with Gasteiger partial charge in [-0.3, -0.25) is 0 Å². The van der Waals surface area contributed by atoms with Crippen LogP contribution in [-0.2, 0) is 0 Å². The van der Waals surface area contributed by atoms with Gasteiger partial charge < -0.3 is 10.1 Å². The first-order valence-electron chi connectivity index (χ1n) is 5.49. The molecule has 1 saturated heterocycles. The first-order chi connectivity index (χ1) is 8.31. The third kappa shape index (κ3) is 2.35. The van der Waals surface area contributed by atoms with Gasteiger partial charge in [0, 0.05) is 17.6 Å². The predicted molar refractivity (Wildman–Crippen MR) is 68.5 cm³/mol. The van der Waals surface area contributed by atoms with E-state index in [9.17, 15) is 0 Å². The Hall–Kier alpha value is -1.33. The van der Waals surface area contributed by atoms with Gasteiger partial charge >= 0.3 is 0 Å². The zero-order valence-electron chi connectivity index (χ0n) is 9.14. The van der Waals surface area contributed by atoms with Gasteiger partial charge in [-0.2, -0.15) is 5.10 Å². The van der Waals surface area contributed by atoms with Crippen LogP contribution >= 0.6 is 15.9 Å². The maximum Gasteiger partial charge on any atom is 0.158 e. The van der Waals surface area contributed by atoms with Gasteiger partial charge in [-0.15, -0.1) is 0 Å². The molecule has 0 aliphatic carbocycles. The second kappa shape index (κ2) is 4.50. The molecule has 4 nitrogen and oxygen atoms in total. The van der Waals surface area contributed by atoms with Crippen LogP contribution in [0.1, 0.15) is 0 Å². The van der Waals surface area contributed by atoms with Crippen LogP contribution in [0.15, 0.2) is 41.1 Å². The molecule has 0 amide bonds. The summed E-state index contributed by atoms with van der Waals surface area (Å²) >= 11 is 3.45. The summed E-state index contributed by atoms with van der Waals surface area (Å²) in [4.78, 5) is 0. The minimum atomic E-state index is 0.287. The fraction of sp³-hybridized carbons (Fsp3) is 0.250. The molecule has 1 fully saturated rings. The predicted octanol–water partition coefficient (Wildman–Crippen LogP) is 1.99. The molecule has 5 heteroatoms. The van der Waals surface area contributed by atoms with Crippen LogP contribution in [0.3, 0.4) is 0 Å². The highest BCUT2D eigenvalue weighted by atomic mass is 79.9.